The molecule has 2 atom stereocenters. The summed E-state index contributed by atoms with van der Waals surface area (Å²) in [6, 6.07) is 0.589. The van der Waals surface area contributed by atoms with Crippen molar-refractivity contribution in [1.82, 2.24) is 9.55 Å². The summed E-state index contributed by atoms with van der Waals surface area (Å²) in [7, 11) is 0. The van der Waals surface area contributed by atoms with Gasteiger partial charge < -0.3 is 4.57 Å². The van der Waals surface area contributed by atoms with Crippen molar-refractivity contribution in [3.05, 3.63) is 18.2 Å². The quantitative estimate of drug-likeness (QED) is 0.0785. The maximum absolute atomic E-state index is 4.99. The summed E-state index contributed by atoms with van der Waals surface area (Å²) >= 11 is 0. The second kappa shape index (κ2) is 29.3. The second-order valence-electron chi connectivity index (χ2n) is 13.6. The number of hydrogen-bond acceptors (Lipinski definition) is 1. The third-order valence-electron chi connectivity index (χ3n) is 9.58. The standard InChI is InChI=1S/C39H76N2/c1-5-8-11-14-16-18-19-20-21-22-24-26-28-31-34-38(33-30-27-25-23-17-15-12-9-6-2)39-40-35-36-41(39)37(4)32-29-13-10-7-3/h35-38H,5-34H2,1-4H3. The number of unbranched alkanes of at least 4 members (excludes halogenated alkanes) is 24. The Balaban J connectivity index is 2.35. The molecule has 0 amide bonds. The molecule has 2 unspecified atom stereocenters. The summed E-state index contributed by atoms with van der Waals surface area (Å²) in [5.74, 6) is 2.06. The normalized spacial score (nSPS) is 13.2. The summed E-state index contributed by atoms with van der Waals surface area (Å²) in [6.45, 7) is 9.36. The van der Waals surface area contributed by atoms with Gasteiger partial charge in [-0.15, -0.1) is 0 Å². The van der Waals surface area contributed by atoms with E-state index in [-0.39, 0.29) is 0 Å². The van der Waals surface area contributed by atoms with E-state index in [1.54, 1.807) is 0 Å². The molecule has 0 N–H and O–H groups in total. The Bertz CT molecular complexity index is 635. The lowest BCUT2D eigenvalue weighted by Crippen LogP contribution is -2.13. The maximum Gasteiger partial charge on any atom is 0.111 e. The molecule has 0 aliphatic heterocycles. The molecular formula is C39H76N2. The van der Waals surface area contributed by atoms with E-state index in [4.69, 9.17) is 4.98 Å². The first-order valence-corrected chi connectivity index (χ1v) is 19.3. The molecule has 0 saturated carbocycles. The van der Waals surface area contributed by atoms with Crippen molar-refractivity contribution in [3.63, 3.8) is 0 Å². The molecule has 0 radical (unpaired) electrons. The van der Waals surface area contributed by atoms with Crippen LogP contribution in [-0.4, -0.2) is 9.55 Å². The smallest absolute Gasteiger partial charge is 0.111 e. The van der Waals surface area contributed by atoms with Crippen LogP contribution in [0.15, 0.2) is 12.4 Å². The molecule has 2 heteroatoms. The Morgan fingerprint density at radius 2 is 0.780 bits per heavy atom. The average Bonchev–Trinajstić information content (AvgIpc) is 3.47. The predicted molar refractivity (Wildman–Crippen MR) is 185 cm³/mol. The molecule has 0 aromatic carbocycles. The third kappa shape index (κ3) is 21.5. The van der Waals surface area contributed by atoms with Crippen LogP contribution in [-0.2, 0) is 0 Å². The second-order valence-corrected chi connectivity index (χ2v) is 13.6. The third-order valence-corrected chi connectivity index (χ3v) is 9.58. The molecule has 2 nitrogen and oxygen atoms in total. The topological polar surface area (TPSA) is 17.8 Å². The van der Waals surface area contributed by atoms with Crippen molar-refractivity contribution in [2.45, 2.75) is 232 Å². The Kier molecular flexibility index (Phi) is 27.3. The van der Waals surface area contributed by atoms with Gasteiger partial charge in [0.15, 0.2) is 0 Å². The maximum atomic E-state index is 4.99. The first kappa shape index (κ1) is 38.2. The van der Waals surface area contributed by atoms with Crippen molar-refractivity contribution in [2.24, 2.45) is 0 Å². The van der Waals surface area contributed by atoms with Gasteiger partial charge in [0.25, 0.3) is 0 Å². The molecule has 0 bridgehead atoms. The van der Waals surface area contributed by atoms with E-state index in [0.29, 0.717) is 12.0 Å². The van der Waals surface area contributed by atoms with Gasteiger partial charge in [0.2, 0.25) is 0 Å². The van der Waals surface area contributed by atoms with E-state index in [2.05, 4.69) is 44.7 Å². The van der Waals surface area contributed by atoms with Gasteiger partial charge in [0.05, 0.1) is 0 Å². The molecule has 0 aliphatic carbocycles. The molecule has 1 aromatic rings. The van der Waals surface area contributed by atoms with Gasteiger partial charge in [0.1, 0.15) is 5.82 Å². The summed E-state index contributed by atoms with van der Waals surface area (Å²) in [5, 5.41) is 0. The highest BCUT2D eigenvalue weighted by Gasteiger charge is 2.19. The molecule has 1 rings (SSSR count). The molecule has 242 valence electrons. The van der Waals surface area contributed by atoms with Gasteiger partial charge in [-0.05, 0) is 26.2 Å². The predicted octanol–water partition coefficient (Wildman–Crippen LogP) is 14.3. The van der Waals surface area contributed by atoms with Crippen molar-refractivity contribution >= 4 is 0 Å². The number of rotatable bonds is 32. The summed E-state index contributed by atoms with van der Waals surface area (Å²) in [6.07, 6.45) is 46.8. The van der Waals surface area contributed by atoms with Crippen LogP contribution in [0.3, 0.4) is 0 Å². The molecule has 0 aliphatic rings. The molecule has 0 spiro atoms. The monoisotopic (exact) mass is 573 g/mol. The van der Waals surface area contributed by atoms with Crippen LogP contribution < -0.4 is 0 Å². The minimum absolute atomic E-state index is 0.589. The van der Waals surface area contributed by atoms with Crippen molar-refractivity contribution in [3.8, 4) is 0 Å². The summed E-state index contributed by atoms with van der Waals surface area (Å²) in [5.41, 5.74) is 0. The van der Waals surface area contributed by atoms with Crippen LogP contribution in [0.25, 0.3) is 0 Å². The lowest BCUT2D eigenvalue weighted by atomic mass is 9.92. The molecule has 0 fully saturated rings. The van der Waals surface area contributed by atoms with Crippen LogP contribution >= 0.6 is 0 Å². The van der Waals surface area contributed by atoms with E-state index < -0.39 is 0 Å². The van der Waals surface area contributed by atoms with Crippen LogP contribution in [0.1, 0.15) is 238 Å². The van der Waals surface area contributed by atoms with Gasteiger partial charge in [-0.3, -0.25) is 0 Å². The number of nitrogens with zero attached hydrogens (tertiary/aromatic N) is 2. The van der Waals surface area contributed by atoms with Crippen molar-refractivity contribution in [2.75, 3.05) is 0 Å². The molecule has 1 aromatic heterocycles. The van der Waals surface area contributed by atoms with Gasteiger partial charge in [-0.25, -0.2) is 4.98 Å². The highest BCUT2D eigenvalue weighted by atomic mass is 15.1. The first-order chi connectivity index (χ1) is 20.2. The molecule has 1 heterocycles. The lowest BCUT2D eigenvalue weighted by molar-refractivity contribution is 0.413. The minimum atomic E-state index is 0.589. The fraction of sp³-hybridized carbons (Fsp3) is 0.923. The zero-order valence-electron chi connectivity index (χ0n) is 28.9. The Hall–Kier alpha value is -0.790. The number of imidazole rings is 1. The lowest BCUT2D eigenvalue weighted by Gasteiger charge is -2.22. The van der Waals surface area contributed by atoms with E-state index in [1.165, 1.54) is 198 Å². The van der Waals surface area contributed by atoms with E-state index in [0.717, 1.165) is 0 Å². The van der Waals surface area contributed by atoms with Crippen molar-refractivity contribution < 1.29 is 0 Å². The van der Waals surface area contributed by atoms with Gasteiger partial charge >= 0.3 is 0 Å². The largest absolute Gasteiger partial charge is 0.332 e. The Morgan fingerprint density at radius 3 is 1.17 bits per heavy atom. The van der Waals surface area contributed by atoms with Crippen LogP contribution in [0.5, 0.6) is 0 Å². The van der Waals surface area contributed by atoms with E-state index in [1.807, 2.05) is 0 Å². The van der Waals surface area contributed by atoms with Gasteiger partial charge in [-0.1, -0.05) is 194 Å². The van der Waals surface area contributed by atoms with Gasteiger partial charge in [0, 0.05) is 24.4 Å². The highest BCUT2D eigenvalue weighted by Crippen LogP contribution is 2.31. The molecular weight excluding hydrogens is 496 g/mol. The summed E-state index contributed by atoms with van der Waals surface area (Å²) < 4.78 is 2.56. The fourth-order valence-corrected chi connectivity index (χ4v) is 6.71. The number of aromatic nitrogens is 2. The minimum Gasteiger partial charge on any atom is -0.332 e. The van der Waals surface area contributed by atoms with E-state index >= 15 is 0 Å². The van der Waals surface area contributed by atoms with Gasteiger partial charge in [-0.2, -0.15) is 0 Å². The van der Waals surface area contributed by atoms with E-state index in [9.17, 15) is 0 Å². The Labute approximate surface area is 259 Å². The highest BCUT2D eigenvalue weighted by molar-refractivity contribution is 5.02. The summed E-state index contributed by atoms with van der Waals surface area (Å²) in [4.78, 5) is 4.99. The Morgan fingerprint density at radius 1 is 0.463 bits per heavy atom. The number of hydrogen-bond donors (Lipinski definition) is 0. The molecule has 0 saturated heterocycles. The zero-order valence-corrected chi connectivity index (χ0v) is 28.9. The van der Waals surface area contributed by atoms with Crippen LogP contribution in [0.4, 0.5) is 0 Å². The SMILES string of the molecule is CCCCCCCCCCCCCCCCC(CCCCCCCCCCC)c1nccn1C(C)CCCCCC. The first-order valence-electron chi connectivity index (χ1n) is 19.3. The van der Waals surface area contributed by atoms with Crippen LogP contribution in [0.2, 0.25) is 0 Å². The molecule has 41 heavy (non-hydrogen) atoms. The van der Waals surface area contributed by atoms with Crippen molar-refractivity contribution in [1.29, 1.82) is 0 Å². The van der Waals surface area contributed by atoms with Crippen LogP contribution in [0, 0.1) is 0 Å². The zero-order chi connectivity index (χ0) is 29.6. The average molecular weight is 573 g/mol. The fourth-order valence-electron chi connectivity index (χ4n) is 6.71.